The lowest BCUT2D eigenvalue weighted by Crippen LogP contribution is -2.56. The number of hydrogen-bond acceptors (Lipinski definition) is 3. The molecule has 0 saturated carbocycles. The van der Waals surface area contributed by atoms with Gasteiger partial charge in [0.2, 0.25) is 0 Å². The fraction of sp³-hybridized carbons (Fsp3) is 0.750. The summed E-state index contributed by atoms with van der Waals surface area (Å²) in [6, 6.07) is 2.56. The Morgan fingerprint density at radius 1 is 1.20 bits per heavy atom. The molecule has 0 aliphatic carbocycles. The van der Waals surface area contributed by atoms with Gasteiger partial charge in [-0.05, 0) is 59.9 Å². The molecule has 1 aromatic rings. The van der Waals surface area contributed by atoms with Gasteiger partial charge in [-0.2, -0.15) is 0 Å². The highest BCUT2D eigenvalue weighted by Gasteiger charge is 2.41. The molecule has 0 saturated heterocycles. The molecular formula is C16H29BrN2S. The summed E-state index contributed by atoms with van der Waals surface area (Å²) in [5.41, 5.74) is 0.187. The normalized spacial score (nSPS) is 13.9. The first-order valence-electron chi connectivity index (χ1n) is 7.82. The smallest absolute Gasteiger partial charge is 0.0613 e. The summed E-state index contributed by atoms with van der Waals surface area (Å²) in [6.07, 6.45) is 2.32. The van der Waals surface area contributed by atoms with Crippen LogP contribution >= 0.6 is 27.3 Å². The minimum atomic E-state index is 0.187. The lowest BCUT2D eigenvalue weighted by atomic mass is 9.81. The van der Waals surface area contributed by atoms with Gasteiger partial charge in [-0.15, -0.1) is 11.3 Å². The fourth-order valence-corrected chi connectivity index (χ4v) is 5.17. The van der Waals surface area contributed by atoms with Gasteiger partial charge in [0, 0.05) is 14.9 Å². The van der Waals surface area contributed by atoms with Crippen LogP contribution < -0.4 is 5.32 Å². The molecule has 4 heteroatoms. The molecule has 0 aliphatic heterocycles. The van der Waals surface area contributed by atoms with Crippen molar-refractivity contribution in [1.82, 2.24) is 10.2 Å². The zero-order valence-electron chi connectivity index (χ0n) is 13.5. The van der Waals surface area contributed by atoms with E-state index in [-0.39, 0.29) is 5.54 Å². The molecule has 0 spiro atoms. The molecule has 1 rings (SSSR count). The molecule has 0 aromatic carbocycles. The Morgan fingerprint density at radius 2 is 1.80 bits per heavy atom. The molecule has 1 heterocycles. The molecular weight excluding hydrogens is 332 g/mol. The van der Waals surface area contributed by atoms with E-state index >= 15 is 0 Å². The maximum absolute atomic E-state index is 3.76. The third-order valence-electron chi connectivity index (χ3n) is 4.47. The number of nitrogens with one attached hydrogen (secondary N) is 1. The largest absolute Gasteiger partial charge is 0.308 e. The van der Waals surface area contributed by atoms with E-state index in [4.69, 9.17) is 0 Å². The van der Waals surface area contributed by atoms with E-state index < -0.39 is 0 Å². The summed E-state index contributed by atoms with van der Waals surface area (Å²) >= 11 is 5.59. The van der Waals surface area contributed by atoms with Gasteiger partial charge in [-0.1, -0.05) is 34.6 Å². The minimum Gasteiger partial charge on any atom is -0.308 e. The summed E-state index contributed by atoms with van der Waals surface area (Å²) in [4.78, 5) is 4.06. The molecule has 2 nitrogen and oxygen atoms in total. The lowest BCUT2D eigenvalue weighted by molar-refractivity contribution is 0.0503. The predicted octanol–water partition coefficient (Wildman–Crippen LogP) is 5.06. The van der Waals surface area contributed by atoms with Crippen LogP contribution in [0, 0.1) is 0 Å². The number of nitrogens with zero attached hydrogens (tertiary/aromatic N) is 1. The highest BCUT2D eigenvalue weighted by atomic mass is 79.9. The van der Waals surface area contributed by atoms with E-state index in [0.29, 0.717) is 6.04 Å². The van der Waals surface area contributed by atoms with Crippen molar-refractivity contribution in [3.05, 3.63) is 20.8 Å². The van der Waals surface area contributed by atoms with Crippen molar-refractivity contribution < 1.29 is 0 Å². The molecule has 0 fully saturated rings. The number of rotatable bonds is 9. The first kappa shape index (κ1) is 18.1. The van der Waals surface area contributed by atoms with Crippen molar-refractivity contribution in [2.75, 3.05) is 19.6 Å². The molecule has 20 heavy (non-hydrogen) atoms. The van der Waals surface area contributed by atoms with Crippen LogP contribution in [-0.4, -0.2) is 30.1 Å². The van der Waals surface area contributed by atoms with Gasteiger partial charge >= 0.3 is 0 Å². The van der Waals surface area contributed by atoms with Gasteiger partial charge in [-0.3, -0.25) is 4.90 Å². The summed E-state index contributed by atoms with van der Waals surface area (Å²) in [7, 11) is 0. The van der Waals surface area contributed by atoms with Crippen LogP contribution in [0.15, 0.2) is 15.9 Å². The van der Waals surface area contributed by atoms with Gasteiger partial charge in [-0.25, -0.2) is 0 Å². The second-order valence-electron chi connectivity index (χ2n) is 5.11. The van der Waals surface area contributed by atoms with Gasteiger partial charge in [0.05, 0.1) is 6.04 Å². The zero-order valence-corrected chi connectivity index (χ0v) is 15.9. The summed E-state index contributed by atoms with van der Waals surface area (Å²) in [5, 5.41) is 5.94. The predicted molar refractivity (Wildman–Crippen MR) is 94.7 cm³/mol. The molecule has 1 unspecified atom stereocenters. The lowest BCUT2D eigenvalue weighted by Gasteiger charge is -2.48. The highest BCUT2D eigenvalue weighted by Crippen LogP contribution is 2.42. The summed E-state index contributed by atoms with van der Waals surface area (Å²) in [5.74, 6) is 0. The van der Waals surface area contributed by atoms with E-state index in [2.05, 4.69) is 72.2 Å². The van der Waals surface area contributed by atoms with Crippen molar-refractivity contribution in [2.24, 2.45) is 0 Å². The molecule has 0 radical (unpaired) electrons. The monoisotopic (exact) mass is 360 g/mol. The Hall–Kier alpha value is 0.1000. The van der Waals surface area contributed by atoms with Crippen molar-refractivity contribution in [2.45, 2.75) is 59.0 Å². The van der Waals surface area contributed by atoms with Crippen molar-refractivity contribution in [3.8, 4) is 0 Å². The number of thiophene rings is 1. The van der Waals surface area contributed by atoms with Crippen molar-refractivity contribution in [1.29, 1.82) is 0 Å². The third kappa shape index (κ3) is 3.46. The fourth-order valence-electron chi connectivity index (χ4n) is 3.38. The molecule has 116 valence electrons. The quantitative estimate of drug-likeness (QED) is 0.661. The average Bonchev–Trinajstić information content (AvgIpc) is 2.89. The van der Waals surface area contributed by atoms with Crippen molar-refractivity contribution >= 4 is 27.3 Å². The number of likely N-dealkylation sites (N-methyl/N-ethyl adjacent to an activating group) is 2. The average molecular weight is 361 g/mol. The minimum absolute atomic E-state index is 0.187. The molecule has 1 atom stereocenters. The van der Waals surface area contributed by atoms with Crippen LogP contribution in [0.3, 0.4) is 0 Å². The first-order chi connectivity index (χ1) is 9.61. The zero-order chi connectivity index (χ0) is 15.2. The topological polar surface area (TPSA) is 15.3 Å². The Morgan fingerprint density at radius 3 is 2.15 bits per heavy atom. The Kier molecular flexibility index (Phi) is 7.73. The molecule has 0 amide bonds. The Balaban J connectivity index is 3.28. The van der Waals surface area contributed by atoms with Gasteiger partial charge in [0.15, 0.2) is 0 Å². The van der Waals surface area contributed by atoms with Crippen LogP contribution in [0.5, 0.6) is 0 Å². The molecule has 0 bridgehead atoms. The molecule has 0 aliphatic rings. The standard InChI is InChI=1S/C16H29BrN2S/c1-6-16(7-2,19(9-4)10-5)15(18-8-3)14-13(17)11-12-20-14/h11-12,15,18H,6-10H2,1-5H3. The second kappa shape index (κ2) is 8.52. The molecule has 1 N–H and O–H groups in total. The Bertz CT molecular complexity index is 384. The number of halogens is 1. The van der Waals surface area contributed by atoms with Crippen LogP contribution in [-0.2, 0) is 0 Å². The van der Waals surface area contributed by atoms with Crippen LogP contribution in [0.25, 0.3) is 0 Å². The highest BCUT2D eigenvalue weighted by molar-refractivity contribution is 9.10. The molecule has 1 aromatic heterocycles. The second-order valence-corrected chi connectivity index (χ2v) is 6.91. The van der Waals surface area contributed by atoms with Crippen LogP contribution in [0.1, 0.15) is 58.4 Å². The van der Waals surface area contributed by atoms with Crippen LogP contribution in [0.2, 0.25) is 0 Å². The van der Waals surface area contributed by atoms with E-state index in [1.807, 2.05) is 11.3 Å². The van der Waals surface area contributed by atoms with E-state index in [1.54, 1.807) is 0 Å². The maximum atomic E-state index is 3.76. The summed E-state index contributed by atoms with van der Waals surface area (Å²) < 4.78 is 1.24. The van der Waals surface area contributed by atoms with Gasteiger partial charge in [0.1, 0.15) is 0 Å². The maximum Gasteiger partial charge on any atom is 0.0613 e. The van der Waals surface area contributed by atoms with E-state index in [9.17, 15) is 0 Å². The van der Waals surface area contributed by atoms with Crippen molar-refractivity contribution in [3.63, 3.8) is 0 Å². The van der Waals surface area contributed by atoms with Crippen LogP contribution in [0.4, 0.5) is 0 Å². The van der Waals surface area contributed by atoms with E-state index in [1.165, 1.54) is 9.35 Å². The third-order valence-corrected chi connectivity index (χ3v) is 6.41. The SMILES string of the molecule is CCNC(c1sccc1Br)C(CC)(CC)N(CC)CC. The van der Waals surface area contributed by atoms with E-state index in [0.717, 1.165) is 32.5 Å². The van der Waals surface area contributed by atoms with Gasteiger partial charge in [0.25, 0.3) is 0 Å². The summed E-state index contributed by atoms with van der Waals surface area (Å²) in [6.45, 7) is 14.6. The Labute approximate surface area is 137 Å². The first-order valence-corrected chi connectivity index (χ1v) is 9.49. The number of hydrogen-bond donors (Lipinski definition) is 1. The van der Waals surface area contributed by atoms with Gasteiger partial charge < -0.3 is 5.32 Å².